The Balaban J connectivity index is 3.33. The molecule has 0 spiro atoms. The summed E-state index contributed by atoms with van der Waals surface area (Å²) in [5.41, 5.74) is 0.690. The molecule has 4 nitrogen and oxygen atoms in total. The van der Waals surface area contributed by atoms with Crippen LogP contribution in [0.25, 0.3) is 0 Å². The minimum atomic E-state index is -0.690. The first kappa shape index (κ1) is 11.3. The number of hydrogen-bond donors (Lipinski definition) is 1. The second-order valence-electron chi connectivity index (χ2n) is 2.76. The van der Waals surface area contributed by atoms with Crippen LogP contribution in [0.1, 0.15) is 21.5 Å². The van der Waals surface area contributed by atoms with Gasteiger partial charge in [-0.05, 0) is 17.7 Å². The van der Waals surface area contributed by atoms with Gasteiger partial charge in [-0.2, -0.15) is 5.26 Å². The van der Waals surface area contributed by atoms with Gasteiger partial charge >= 0.3 is 5.97 Å². The molecular weight excluding hydrogens is 218 g/mol. The van der Waals surface area contributed by atoms with Crippen molar-refractivity contribution in [1.82, 2.24) is 0 Å². The molecule has 1 aromatic carbocycles. The average Bonchev–Trinajstić information content (AvgIpc) is 2.27. The highest BCUT2D eigenvalue weighted by Gasteiger charge is 2.15. The topological polar surface area (TPSA) is 70.3 Å². The number of methoxy groups -OCH3 is 1. The van der Waals surface area contributed by atoms with Crippen molar-refractivity contribution in [3.8, 4) is 11.8 Å². The molecule has 0 radical (unpaired) electrons. The monoisotopic (exact) mass is 225 g/mol. The lowest BCUT2D eigenvalue weighted by molar-refractivity contribution is 0.0597. The summed E-state index contributed by atoms with van der Waals surface area (Å²) in [5, 5.41) is 18.3. The number of nitrogens with zero attached hydrogens (tertiary/aromatic N) is 1. The second-order valence-corrected chi connectivity index (χ2v) is 3.03. The van der Waals surface area contributed by atoms with Crippen LogP contribution in [0, 0.1) is 11.3 Å². The molecular formula is C10H8ClNO3. The predicted molar refractivity (Wildman–Crippen MR) is 53.7 cm³/mol. The number of hydrogen-bond acceptors (Lipinski definition) is 4. The third kappa shape index (κ3) is 2.20. The van der Waals surface area contributed by atoms with Gasteiger partial charge in [-0.1, -0.05) is 0 Å². The fraction of sp³-hybridized carbons (Fsp3) is 0.200. The molecule has 1 aromatic rings. The Morgan fingerprint density at radius 1 is 1.67 bits per heavy atom. The molecule has 0 aromatic heterocycles. The lowest BCUT2D eigenvalue weighted by Gasteiger charge is -2.05. The third-order valence-corrected chi connectivity index (χ3v) is 2.18. The number of carbonyl (C=O) groups excluding carboxylic acids is 1. The largest absolute Gasteiger partial charge is 0.507 e. The molecule has 0 unspecified atom stereocenters. The van der Waals surface area contributed by atoms with E-state index in [9.17, 15) is 9.90 Å². The molecule has 5 heteroatoms. The Bertz CT molecular complexity index is 437. The number of benzene rings is 1. The molecule has 0 amide bonds. The highest BCUT2D eigenvalue weighted by molar-refractivity contribution is 6.17. The molecule has 0 saturated heterocycles. The van der Waals surface area contributed by atoms with Crippen LogP contribution in [0.15, 0.2) is 12.1 Å². The van der Waals surface area contributed by atoms with Crippen molar-refractivity contribution < 1.29 is 14.6 Å². The smallest absolute Gasteiger partial charge is 0.341 e. The molecule has 1 N–H and O–H groups in total. The summed E-state index contributed by atoms with van der Waals surface area (Å²) in [6, 6.07) is 4.44. The van der Waals surface area contributed by atoms with Gasteiger partial charge in [0, 0.05) is 5.88 Å². The number of halogens is 1. The molecule has 1 rings (SSSR count). The summed E-state index contributed by atoms with van der Waals surface area (Å²) in [6.45, 7) is 0. The van der Waals surface area contributed by atoms with Gasteiger partial charge < -0.3 is 9.84 Å². The predicted octanol–water partition coefficient (Wildman–Crippen LogP) is 1.79. The summed E-state index contributed by atoms with van der Waals surface area (Å²) in [6.07, 6.45) is 0. The van der Waals surface area contributed by atoms with Gasteiger partial charge in [-0.3, -0.25) is 0 Å². The Morgan fingerprint density at radius 3 is 2.80 bits per heavy atom. The maximum Gasteiger partial charge on any atom is 0.341 e. The van der Waals surface area contributed by atoms with Gasteiger partial charge in [-0.25, -0.2) is 4.79 Å². The summed E-state index contributed by atoms with van der Waals surface area (Å²) >= 11 is 5.57. The first-order valence-corrected chi connectivity index (χ1v) is 4.57. The lowest BCUT2D eigenvalue weighted by Crippen LogP contribution is -2.03. The van der Waals surface area contributed by atoms with Crippen LogP contribution in [0.4, 0.5) is 0 Å². The number of esters is 1. The van der Waals surface area contributed by atoms with Crippen molar-refractivity contribution in [2.75, 3.05) is 7.11 Å². The molecule has 0 aliphatic carbocycles. The minimum Gasteiger partial charge on any atom is -0.507 e. The van der Waals surface area contributed by atoms with E-state index < -0.39 is 5.97 Å². The van der Waals surface area contributed by atoms with Crippen molar-refractivity contribution in [3.05, 3.63) is 28.8 Å². The van der Waals surface area contributed by atoms with Crippen molar-refractivity contribution in [3.63, 3.8) is 0 Å². The van der Waals surface area contributed by atoms with E-state index in [0.717, 1.165) is 0 Å². The van der Waals surface area contributed by atoms with Gasteiger partial charge in [0.15, 0.2) is 0 Å². The second kappa shape index (κ2) is 4.67. The fourth-order valence-corrected chi connectivity index (χ4v) is 1.34. The molecule has 78 valence electrons. The summed E-state index contributed by atoms with van der Waals surface area (Å²) in [5.74, 6) is -0.834. The van der Waals surface area contributed by atoms with E-state index in [-0.39, 0.29) is 22.8 Å². The zero-order valence-electron chi connectivity index (χ0n) is 7.95. The van der Waals surface area contributed by atoms with Crippen LogP contribution in [-0.2, 0) is 10.6 Å². The number of alkyl halides is 1. The molecule has 0 aliphatic heterocycles. The summed E-state index contributed by atoms with van der Waals surface area (Å²) < 4.78 is 4.45. The first-order chi connectivity index (χ1) is 7.13. The molecule has 0 aliphatic rings. The summed E-state index contributed by atoms with van der Waals surface area (Å²) in [7, 11) is 1.20. The molecule has 15 heavy (non-hydrogen) atoms. The number of phenolic OH excluding ortho intramolecular Hbond substituents is 1. The fourth-order valence-electron chi connectivity index (χ4n) is 1.12. The molecule has 0 saturated carbocycles. The minimum absolute atomic E-state index is 0.0390. The van der Waals surface area contributed by atoms with Crippen molar-refractivity contribution >= 4 is 17.6 Å². The quantitative estimate of drug-likeness (QED) is 0.615. The van der Waals surface area contributed by atoms with Gasteiger partial charge in [0.1, 0.15) is 11.3 Å². The molecule has 0 heterocycles. The van der Waals surface area contributed by atoms with Crippen molar-refractivity contribution in [2.24, 2.45) is 0 Å². The van der Waals surface area contributed by atoms with Crippen LogP contribution in [0.3, 0.4) is 0 Å². The number of aromatic hydroxyl groups is 1. The maximum absolute atomic E-state index is 11.2. The van der Waals surface area contributed by atoms with Crippen LogP contribution >= 0.6 is 11.6 Å². The number of rotatable bonds is 2. The van der Waals surface area contributed by atoms with E-state index in [1.807, 2.05) is 6.07 Å². The Labute approximate surface area is 91.7 Å². The molecule has 0 atom stereocenters. The van der Waals surface area contributed by atoms with E-state index in [4.69, 9.17) is 16.9 Å². The van der Waals surface area contributed by atoms with Crippen molar-refractivity contribution in [2.45, 2.75) is 5.88 Å². The van der Waals surface area contributed by atoms with E-state index in [1.54, 1.807) is 0 Å². The van der Waals surface area contributed by atoms with Gasteiger partial charge in [0.25, 0.3) is 0 Å². The van der Waals surface area contributed by atoms with Crippen molar-refractivity contribution in [1.29, 1.82) is 5.26 Å². The Morgan fingerprint density at radius 2 is 2.33 bits per heavy atom. The summed E-state index contributed by atoms with van der Waals surface area (Å²) in [4.78, 5) is 11.2. The van der Waals surface area contributed by atoms with Crippen LogP contribution < -0.4 is 0 Å². The number of phenols is 1. The maximum atomic E-state index is 11.2. The SMILES string of the molecule is COC(=O)c1cc(C#N)c(CCl)cc1O. The lowest BCUT2D eigenvalue weighted by atomic mass is 10.0. The zero-order valence-corrected chi connectivity index (χ0v) is 8.71. The Kier molecular flexibility index (Phi) is 3.53. The van der Waals surface area contributed by atoms with Crippen LogP contribution in [0.2, 0.25) is 0 Å². The standard InChI is InChI=1S/C10H8ClNO3/c1-15-10(14)8-2-7(5-12)6(4-11)3-9(8)13/h2-3,13H,4H2,1H3. The normalized spacial score (nSPS) is 9.40. The van der Waals surface area contributed by atoms with Gasteiger partial charge in [-0.15, -0.1) is 11.6 Å². The third-order valence-electron chi connectivity index (χ3n) is 1.89. The highest BCUT2D eigenvalue weighted by Crippen LogP contribution is 2.24. The average molecular weight is 226 g/mol. The van der Waals surface area contributed by atoms with Gasteiger partial charge in [0.2, 0.25) is 0 Å². The number of ether oxygens (including phenoxy) is 1. The zero-order chi connectivity index (χ0) is 11.4. The Hall–Kier alpha value is -1.73. The van der Waals surface area contributed by atoms with Gasteiger partial charge in [0.05, 0.1) is 18.7 Å². The molecule has 0 bridgehead atoms. The van der Waals surface area contributed by atoms with Crippen LogP contribution in [0.5, 0.6) is 5.75 Å². The van der Waals surface area contributed by atoms with Crippen LogP contribution in [-0.4, -0.2) is 18.2 Å². The van der Waals surface area contributed by atoms with E-state index in [2.05, 4.69) is 4.74 Å². The van der Waals surface area contributed by atoms with E-state index in [0.29, 0.717) is 5.56 Å². The van der Waals surface area contributed by atoms with E-state index in [1.165, 1.54) is 19.2 Å². The number of nitriles is 1. The number of carbonyl (C=O) groups is 1. The highest BCUT2D eigenvalue weighted by atomic mass is 35.5. The first-order valence-electron chi connectivity index (χ1n) is 4.04. The van der Waals surface area contributed by atoms with E-state index >= 15 is 0 Å². The molecule has 0 fully saturated rings.